The number of alkyl halides is 3. The third-order valence-corrected chi connectivity index (χ3v) is 2.71. The highest BCUT2D eigenvalue weighted by atomic mass is 19.4. The van der Waals surface area contributed by atoms with Crippen LogP contribution in [-0.2, 0) is 14.3 Å². The lowest BCUT2D eigenvalue weighted by Crippen LogP contribution is -2.63. The molecule has 0 saturated carbocycles. The van der Waals surface area contributed by atoms with Gasteiger partial charge < -0.3 is 10.2 Å². The van der Waals surface area contributed by atoms with Gasteiger partial charge in [-0.2, -0.15) is 0 Å². The minimum Gasteiger partial charge on any atom is -0.345 e. The molecule has 1 heterocycles. The zero-order valence-electron chi connectivity index (χ0n) is 11.0. The molecule has 0 radical (unpaired) electrons. The molecule has 0 spiro atoms. The van der Waals surface area contributed by atoms with Crippen molar-refractivity contribution in [3.63, 3.8) is 0 Å². The fourth-order valence-electron chi connectivity index (χ4n) is 2.02. The highest BCUT2D eigenvalue weighted by molar-refractivity contribution is 5.95. The lowest BCUT2D eigenvalue weighted by atomic mass is 9.84. The Labute approximate surface area is 109 Å². The van der Waals surface area contributed by atoms with Gasteiger partial charge in [0.25, 0.3) is 0 Å². The summed E-state index contributed by atoms with van der Waals surface area (Å²) in [6.07, 6.45) is -4.74. The number of carbonyl (C=O) groups is 2. The molecule has 0 aliphatic carbocycles. The Kier molecular flexibility index (Phi) is 4.44. The van der Waals surface area contributed by atoms with Crippen molar-refractivity contribution in [3.05, 3.63) is 0 Å². The fraction of sp³-hybridized carbons (Fsp3) is 0.818. The maximum Gasteiger partial charge on any atom is 0.522 e. The first kappa shape index (κ1) is 15.7. The van der Waals surface area contributed by atoms with Crippen molar-refractivity contribution in [2.45, 2.75) is 33.2 Å². The van der Waals surface area contributed by atoms with Crippen LogP contribution in [0.2, 0.25) is 0 Å². The van der Waals surface area contributed by atoms with E-state index >= 15 is 0 Å². The van der Waals surface area contributed by atoms with Crippen LogP contribution in [0.5, 0.6) is 0 Å². The second kappa shape index (κ2) is 5.36. The van der Waals surface area contributed by atoms with Crippen LogP contribution < -0.4 is 5.32 Å². The minimum absolute atomic E-state index is 0.197. The number of ether oxygens (including phenoxy) is 1. The van der Waals surface area contributed by atoms with Crippen molar-refractivity contribution in [1.82, 2.24) is 10.2 Å². The Morgan fingerprint density at radius 1 is 1.32 bits per heavy atom. The van der Waals surface area contributed by atoms with Gasteiger partial charge in [-0.25, -0.2) is 0 Å². The number of carbonyl (C=O) groups excluding carboxylic acids is 2. The molecule has 1 rings (SSSR count). The molecular weight excluding hydrogens is 265 g/mol. The summed E-state index contributed by atoms with van der Waals surface area (Å²) in [5.74, 6) is -0.774. The number of amides is 2. The number of nitrogens with zero attached hydrogens (tertiary/aromatic N) is 1. The average molecular weight is 282 g/mol. The fourth-order valence-corrected chi connectivity index (χ4v) is 2.02. The molecule has 1 fully saturated rings. The van der Waals surface area contributed by atoms with Gasteiger partial charge in [0.15, 0.2) is 0 Å². The summed E-state index contributed by atoms with van der Waals surface area (Å²) < 4.78 is 39.4. The normalized spacial score (nSPS) is 21.6. The van der Waals surface area contributed by atoms with Crippen molar-refractivity contribution >= 4 is 11.8 Å². The maximum absolute atomic E-state index is 11.9. The van der Waals surface area contributed by atoms with Gasteiger partial charge in [0.1, 0.15) is 6.04 Å². The predicted molar refractivity (Wildman–Crippen MR) is 60.0 cm³/mol. The standard InChI is InChI=1S/C11H17F3N2O3/c1-10(2,3)8-9(18)15-6-7(17)16(8)4-5-19-11(12,13)14/h8H,4-6H2,1-3H3,(H,15,18). The van der Waals surface area contributed by atoms with E-state index in [-0.39, 0.29) is 19.0 Å². The summed E-state index contributed by atoms with van der Waals surface area (Å²) in [5, 5.41) is 2.43. The molecule has 1 saturated heterocycles. The molecule has 1 atom stereocenters. The molecule has 1 aliphatic heterocycles. The van der Waals surface area contributed by atoms with Gasteiger partial charge in [0.05, 0.1) is 13.2 Å². The number of nitrogens with one attached hydrogen (secondary N) is 1. The summed E-state index contributed by atoms with van der Waals surface area (Å²) in [4.78, 5) is 24.7. The van der Waals surface area contributed by atoms with E-state index in [9.17, 15) is 22.8 Å². The monoisotopic (exact) mass is 282 g/mol. The SMILES string of the molecule is CC(C)(C)C1C(=O)NCC(=O)N1CCOC(F)(F)F. The number of hydrogen-bond acceptors (Lipinski definition) is 3. The molecule has 5 nitrogen and oxygen atoms in total. The van der Waals surface area contributed by atoms with Gasteiger partial charge in [-0.05, 0) is 5.41 Å². The molecule has 19 heavy (non-hydrogen) atoms. The molecule has 0 aromatic heterocycles. The van der Waals surface area contributed by atoms with E-state index in [1.807, 2.05) is 0 Å². The Bertz CT molecular complexity index is 363. The lowest BCUT2D eigenvalue weighted by Gasteiger charge is -2.41. The molecule has 0 aromatic rings. The van der Waals surface area contributed by atoms with Crippen LogP contribution in [0, 0.1) is 5.41 Å². The molecule has 110 valence electrons. The summed E-state index contributed by atoms with van der Waals surface area (Å²) in [7, 11) is 0. The van der Waals surface area contributed by atoms with E-state index in [1.165, 1.54) is 0 Å². The smallest absolute Gasteiger partial charge is 0.345 e. The first-order valence-electron chi connectivity index (χ1n) is 5.80. The maximum atomic E-state index is 11.9. The Morgan fingerprint density at radius 2 is 1.89 bits per heavy atom. The molecule has 0 bridgehead atoms. The molecule has 2 amide bonds. The second-order valence-electron chi connectivity index (χ2n) is 5.37. The molecular formula is C11H17F3N2O3. The van der Waals surface area contributed by atoms with E-state index in [4.69, 9.17) is 0 Å². The summed E-state index contributed by atoms with van der Waals surface area (Å²) >= 11 is 0. The first-order chi connectivity index (χ1) is 8.52. The van der Waals surface area contributed by atoms with Gasteiger partial charge in [-0.3, -0.25) is 14.3 Å². The molecule has 1 N–H and O–H groups in total. The van der Waals surface area contributed by atoms with Crippen molar-refractivity contribution in [2.75, 3.05) is 19.7 Å². The molecule has 1 aliphatic rings. The quantitative estimate of drug-likeness (QED) is 0.836. The van der Waals surface area contributed by atoms with Gasteiger partial charge in [0, 0.05) is 6.54 Å². The van der Waals surface area contributed by atoms with Crippen LogP contribution in [0.4, 0.5) is 13.2 Å². The van der Waals surface area contributed by atoms with Gasteiger partial charge in [-0.15, -0.1) is 13.2 Å². The van der Waals surface area contributed by atoms with Crippen LogP contribution in [0.25, 0.3) is 0 Å². The second-order valence-corrected chi connectivity index (χ2v) is 5.37. The van der Waals surface area contributed by atoms with E-state index in [0.717, 1.165) is 4.90 Å². The van der Waals surface area contributed by atoms with Crippen molar-refractivity contribution in [1.29, 1.82) is 0 Å². The third kappa shape index (κ3) is 4.38. The zero-order valence-corrected chi connectivity index (χ0v) is 11.0. The van der Waals surface area contributed by atoms with Crippen LogP contribution in [0.15, 0.2) is 0 Å². The molecule has 8 heteroatoms. The van der Waals surface area contributed by atoms with Crippen LogP contribution in [0.3, 0.4) is 0 Å². The summed E-state index contributed by atoms with van der Waals surface area (Å²) in [5.41, 5.74) is -0.571. The van der Waals surface area contributed by atoms with E-state index in [1.54, 1.807) is 20.8 Å². The number of halogens is 3. The summed E-state index contributed by atoms with van der Waals surface area (Å²) in [6, 6.07) is -0.800. The topological polar surface area (TPSA) is 58.6 Å². The first-order valence-corrected chi connectivity index (χ1v) is 5.80. The third-order valence-electron chi connectivity index (χ3n) is 2.71. The number of hydrogen-bond donors (Lipinski definition) is 1. The largest absolute Gasteiger partial charge is 0.522 e. The van der Waals surface area contributed by atoms with Crippen LogP contribution in [-0.4, -0.2) is 48.8 Å². The minimum atomic E-state index is -4.74. The predicted octanol–water partition coefficient (Wildman–Crippen LogP) is 0.896. The Morgan fingerprint density at radius 3 is 2.37 bits per heavy atom. The molecule has 0 aromatic carbocycles. The van der Waals surface area contributed by atoms with Crippen molar-refractivity contribution in [2.24, 2.45) is 5.41 Å². The highest BCUT2D eigenvalue weighted by Gasteiger charge is 2.42. The Balaban J connectivity index is 2.74. The van der Waals surface area contributed by atoms with E-state index in [0.29, 0.717) is 0 Å². The lowest BCUT2D eigenvalue weighted by molar-refractivity contribution is -0.325. The van der Waals surface area contributed by atoms with Gasteiger partial charge >= 0.3 is 6.36 Å². The highest BCUT2D eigenvalue weighted by Crippen LogP contribution is 2.26. The van der Waals surface area contributed by atoms with Crippen molar-refractivity contribution < 1.29 is 27.5 Å². The van der Waals surface area contributed by atoms with Gasteiger partial charge in [0.2, 0.25) is 11.8 Å². The van der Waals surface area contributed by atoms with Crippen molar-refractivity contribution in [3.8, 4) is 0 Å². The van der Waals surface area contributed by atoms with E-state index < -0.39 is 30.3 Å². The number of piperazine rings is 1. The van der Waals surface area contributed by atoms with Crippen LogP contribution >= 0.6 is 0 Å². The number of rotatable bonds is 3. The molecule has 1 unspecified atom stereocenters. The summed E-state index contributed by atoms with van der Waals surface area (Å²) in [6.45, 7) is 4.08. The average Bonchev–Trinajstić information content (AvgIpc) is 2.19. The zero-order chi connectivity index (χ0) is 14.8. The van der Waals surface area contributed by atoms with Gasteiger partial charge in [-0.1, -0.05) is 20.8 Å². The van der Waals surface area contributed by atoms with E-state index in [2.05, 4.69) is 10.1 Å². The Hall–Kier alpha value is -1.31. The van der Waals surface area contributed by atoms with Crippen LogP contribution in [0.1, 0.15) is 20.8 Å².